The van der Waals surface area contributed by atoms with Crippen LogP contribution in [0.4, 0.5) is 11.4 Å². The summed E-state index contributed by atoms with van der Waals surface area (Å²) < 4.78 is 2.26. The molecule has 0 fully saturated rings. The molecule has 0 saturated carbocycles. The van der Waals surface area contributed by atoms with Gasteiger partial charge in [0.1, 0.15) is 0 Å². The molecule has 0 radical (unpaired) electrons. The van der Waals surface area contributed by atoms with Gasteiger partial charge in [0.05, 0.1) is 10.6 Å². The Hall–Kier alpha value is -1.95. The topological polar surface area (TPSA) is 60.4 Å². The number of aromatic nitrogens is 1. The van der Waals surface area contributed by atoms with Crippen LogP contribution in [-0.2, 0) is 6.54 Å². The number of nitro benzene ring substituents is 1. The fourth-order valence-corrected chi connectivity index (χ4v) is 3.50. The third-order valence-corrected chi connectivity index (χ3v) is 4.46. The number of thiazole rings is 1. The Labute approximate surface area is 140 Å². The van der Waals surface area contributed by atoms with Gasteiger partial charge in [-0.15, -0.1) is 11.3 Å². The van der Waals surface area contributed by atoms with Crippen LogP contribution in [0.3, 0.4) is 0 Å². The molecule has 0 atom stereocenters. The van der Waals surface area contributed by atoms with Crippen molar-refractivity contribution < 1.29 is 4.92 Å². The molecule has 1 aromatic carbocycles. The van der Waals surface area contributed by atoms with Gasteiger partial charge in [-0.25, -0.2) is 4.99 Å². The minimum Gasteiger partial charge on any atom is -0.320 e. The zero-order valence-corrected chi connectivity index (χ0v) is 15.1. The van der Waals surface area contributed by atoms with Gasteiger partial charge in [-0.3, -0.25) is 10.1 Å². The highest BCUT2D eigenvalue weighted by Crippen LogP contribution is 2.24. The third-order valence-electron chi connectivity index (χ3n) is 3.57. The van der Waals surface area contributed by atoms with Gasteiger partial charge in [-0.05, 0) is 30.4 Å². The minimum absolute atomic E-state index is 0.102. The second-order valence-corrected chi connectivity index (χ2v) is 7.28. The van der Waals surface area contributed by atoms with Crippen LogP contribution < -0.4 is 4.80 Å². The Morgan fingerprint density at radius 2 is 2.00 bits per heavy atom. The summed E-state index contributed by atoms with van der Waals surface area (Å²) in [5, 5.41) is 13.0. The maximum atomic E-state index is 10.8. The fraction of sp³-hybridized carbons (Fsp3) is 0.471. The van der Waals surface area contributed by atoms with Crippen LogP contribution in [0.5, 0.6) is 0 Å². The summed E-state index contributed by atoms with van der Waals surface area (Å²) in [7, 11) is 0. The summed E-state index contributed by atoms with van der Waals surface area (Å²) in [6.45, 7) is 11.5. The average molecular weight is 333 g/mol. The smallest absolute Gasteiger partial charge is 0.269 e. The molecule has 0 amide bonds. The monoisotopic (exact) mass is 333 g/mol. The number of non-ortho nitro benzene ring substituents is 1. The van der Waals surface area contributed by atoms with Crippen molar-refractivity contribution in [1.29, 1.82) is 0 Å². The summed E-state index contributed by atoms with van der Waals surface area (Å²) in [5.41, 5.74) is 2.98. The Morgan fingerprint density at radius 3 is 2.52 bits per heavy atom. The van der Waals surface area contributed by atoms with Gasteiger partial charge in [0.25, 0.3) is 5.69 Å². The molecule has 23 heavy (non-hydrogen) atoms. The average Bonchev–Trinajstić information content (AvgIpc) is 2.83. The van der Waals surface area contributed by atoms with Gasteiger partial charge in [0.2, 0.25) is 0 Å². The number of nitro groups is 1. The molecule has 0 aliphatic carbocycles. The molecule has 0 spiro atoms. The second-order valence-electron chi connectivity index (χ2n) is 6.44. The molecule has 0 saturated heterocycles. The van der Waals surface area contributed by atoms with Crippen LogP contribution in [0.25, 0.3) is 0 Å². The predicted octanol–water partition coefficient (Wildman–Crippen LogP) is 4.78. The standard InChI is InChI=1S/C17H23N3O2S/c1-11(2)9-19-16(12(3)4)10-23-17(19)18-15-7-6-14(20(21)22)8-13(15)5/h6-8,10-12H,9H2,1-5H3. The SMILES string of the molecule is Cc1cc([N+](=O)[O-])ccc1N=c1scc(C(C)C)n1CC(C)C. The summed E-state index contributed by atoms with van der Waals surface area (Å²) in [4.78, 5) is 16.2. The maximum Gasteiger partial charge on any atom is 0.269 e. The first-order chi connectivity index (χ1) is 10.8. The van der Waals surface area contributed by atoms with Gasteiger partial charge in [0, 0.05) is 29.8 Å². The van der Waals surface area contributed by atoms with E-state index in [4.69, 9.17) is 4.99 Å². The van der Waals surface area contributed by atoms with Gasteiger partial charge < -0.3 is 4.57 Å². The van der Waals surface area contributed by atoms with E-state index in [1.165, 1.54) is 11.8 Å². The lowest BCUT2D eigenvalue weighted by Gasteiger charge is -2.13. The molecule has 2 rings (SSSR count). The van der Waals surface area contributed by atoms with E-state index < -0.39 is 0 Å². The summed E-state index contributed by atoms with van der Waals surface area (Å²) in [6.07, 6.45) is 0. The van der Waals surface area contributed by atoms with E-state index in [1.54, 1.807) is 23.5 Å². The number of benzene rings is 1. The molecule has 0 bridgehead atoms. The zero-order valence-electron chi connectivity index (χ0n) is 14.2. The van der Waals surface area contributed by atoms with Crippen molar-refractivity contribution in [3.05, 3.63) is 49.8 Å². The van der Waals surface area contributed by atoms with Crippen LogP contribution in [0.15, 0.2) is 28.6 Å². The molecule has 124 valence electrons. The van der Waals surface area contributed by atoms with Crippen LogP contribution in [0, 0.1) is 23.0 Å². The summed E-state index contributed by atoms with van der Waals surface area (Å²) in [5.74, 6) is 0.964. The zero-order chi connectivity index (χ0) is 17.1. The van der Waals surface area contributed by atoms with Crippen molar-refractivity contribution in [2.45, 2.75) is 47.1 Å². The number of rotatable bonds is 5. The van der Waals surface area contributed by atoms with E-state index in [0.29, 0.717) is 11.8 Å². The van der Waals surface area contributed by atoms with Crippen molar-refractivity contribution >= 4 is 22.7 Å². The molecule has 0 N–H and O–H groups in total. The van der Waals surface area contributed by atoms with Gasteiger partial charge >= 0.3 is 0 Å². The minimum atomic E-state index is -0.377. The van der Waals surface area contributed by atoms with E-state index in [9.17, 15) is 10.1 Å². The highest BCUT2D eigenvalue weighted by molar-refractivity contribution is 7.07. The Morgan fingerprint density at radius 1 is 1.30 bits per heavy atom. The van der Waals surface area contributed by atoms with Crippen molar-refractivity contribution in [2.75, 3.05) is 0 Å². The lowest BCUT2D eigenvalue weighted by atomic mass is 10.1. The van der Waals surface area contributed by atoms with Crippen LogP contribution in [-0.4, -0.2) is 9.49 Å². The lowest BCUT2D eigenvalue weighted by molar-refractivity contribution is -0.384. The van der Waals surface area contributed by atoms with Gasteiger partial charge in [-0.1, -0.05) is 27.7 Å². The van der Waals surface area contributed by atoms with Gasteiger partial charge in [-0.2, -0.15) is 0 Å². The fourth-order valence-electron chi connectivity index (χ4n) is 2.42. The molecular formula is C17H23N3O2S. The highest BCUT2D eigenvalue weighted by Gasteiger charge is 2.12. The number of aryl methyl sites for hydroxylation is 1. The van der Waals surface area contributed by atoms with Crippen LogP contribution in [0.1, 0.15) is 44.9 Å². The highest BCUT2D eigenvalue weighted by atomic mass is 32.1. The van der Waals surface area contributed by atoms with E-state index in [0.717, 1.165) is 22.6 Å². The van der Waals surface area contributed by atoms with Crippen LogP contribution in [0.2, 0.25) is 0 Å². The first-order valence-corrected chi connectivity index (χ1v) is 8.65. The third kappa shape index (κ3) is 4.07. The predicted molar refractivity (Wildman–Crippen MR) is 94.3 cm³/mol. The number of nitrogens with zero attached hydrogens (tertiary/aromatic N) is 3. The van der Waals surface area contributed by atoms with Crippen LogP contribution >= 0.6 is 11.3 Å². The summed E-state index contributed by atoms with van der Waals surface area (Å²) in [6, 6.07) is 4.81. The molecule has 0 aliphatic rings. The van der Waals surface area contributed by atoms with Gasteiger partial charge in [0.15, 0.2) is 4.80 Å². The molecule has 6 heteroatoms. The molecule has 1 heterocycles. The molecule has 2 aromatic rings. The lowest BCUT2D eigenvalue weighted by Crippen LogP contribution is -2.20. The van der Waals surface area contributed by atoms with Crippen molar-refractivity contribution in [3.63, 3.8) is 0 Å². The van der Waals surface area contributed by atoms with Crippen molar-refractivity contribution in [3.8, 4) is 0 Å². The quantitative estimate of drug-likeness (QED) is 0.584. The Bertz CT molecular complexity index is 772. The van der Waals surface area contributed by atoms with E-state index >= 15 is 0 Å². The number of hydrogen-bond donors (Lipinski definition) is 0. The first-order valence-electron chi connectivity index (χ1n) is 7.77. The van der Waals surface area contributed by atoms with E-state index in [1.807, 2.05) is 6.92 Å². The first kappa shape index (κ1) is 17.4. The van der Waals surface area contributed by atoms with E-state index in [-0.39, 0.29) is 10.6 Å². The molecule has 0 aliphatic heterocycles. The largest absolute Gasteiger partial charge is 0.320 e. The summed E-state index contributed by atoms with van der Waals surface area (Å²) >= 11 is 1.62. The number of hydrogen-bond acceptors (Lipinski definition) is 4. The molecule has 0 unspecified atom stereocenters. The van der Waals surface area contributed by atoms with E-state index in [2.05, 4.69) is 37.6 Å². The second kappa shape index (κ2) is 7.08. The van der Waals surface area contributed by atoms with Crippen molar-refractivity contribution in [2.24, 2.45) is 10.9 Å². The normalized spacial score (nSPS) is 12.4. The Kier molecular flexibility index (Phi) is 5.36. The molecule has 1 aromatic heterocycles. The van der Waals surface area contributed by atoms with Crippen molar-refractivity contribution in [1.82, 2.24) is 4.57 Å². The maximum absolute atomic E-state index is 10.8. The molecule has 5 nitrogen and oxygen atoms in total. The molecular weight excluding hydrogens is 310 g/mol. The Balaban J connectivity index is 2.53.